The van der Waals surface area contributed by atoms with E-state index in [1.54, 1.807) is 25.7 Å². The molecule has 0 saturated carbocycles. The average molecular weight is 832 g/mol. The molecule has 7 rings (SSSR count). The van der Waals surface area contributed by atoms with Crippen molar-refractivity contribution in [1.82, 2.24) is 24.7 Å². The molecule has 3 aliphatic rings. The first-order valence-electron chi connectivity index (χ1n) is 18.8. The third kappa shape index (κ3) is 11.4. The van der Waals surface area contributed by atoms with Gasteiger partial charge in [-0.1, -0.05) is 48.8 Å². The quantitative estimate of drug-likeness (QED) is 0.288. The molecule has 4 amide bonds. The van der Waals surface area contributed by atoms with Crippen molar-refractivity contribution in [2.24, 2.45) is 0 Å². The van der Waals surface area contributed by atoms with Crippen molar-refractivity contribution in [3.63, 3.8) is 0 Å². The second-order valence-electron chi connectivity index (χ2n) is 16.3. The number of nitrogens with zero attached hydrogens (tertiary/aromatic N) is 4. The topological polar surface area (TPSA) is 124 Å². The largest absolute Gasteiger partial charge is 1.00 e. The molecule has 2 aromatic heterocycles. The summed E-state index contributed by atoms with van der Waals surface area (Å²) in [6.07, 6.45) is 8.73. The van der Waals surface area contributed by atoms with Crippen molar-refractivity contribution in [2.75, 3.05) is 37.6 Å². The Bertz CT molecular complexity index is 1920. The number of carbonyl (C=O) groups excluding carboxylic acids is 3. The maximum absolute atomic E-state index is 12.2. The number of fused-ring (bicyclic) bond motifs is 2. The summed E-state index contributed by atoms with van der Waals surface area (Å²) < 4.78 is 11.4. The van der Waals surface area contributed by atoms with Crippen molar-refractivity contribution < 1.29 is 75.6 Å². The average Bonchev–Trinajstić information content (AvgIpc) is 3.61. The number of aromatic nitrogens is 2. The SMILES string of the molecule is CC(C)(C)[O-].Cc1cn(C2CCN(C(=O)OC(C)(C)C)CC2)c2cccc(Br)c12.Cc1cn(C2CCNCC2)c2cccc(N3CCC(=O)NC3=O)c12.[K+]. The van der Waals surface area contributed by atoms with Gasteiger partial charge in [-0.05, 0) is 109 Å². The molecule has 0 atom stereocenters. The number of anilines is 1. The first-order valence-corrected chi connectivity index (χ1v) is 19.6. The van der Waals surface area contributed by atoms with Crippen molar-refractivity contribution in [3.8, 4) is 0 Å². The van der Waals surface area contributed by atoms with E-state index in [2.05, 4.69) is 86.2 Å². The Morgan fingerprint density at radius 3 is 1.89 bits per heavy atom. The Hall–Kier alpha value is -2.23. The third-order valence-corrected chi connectivity index (χ3v) is 10.2. The molecule has 13 heteroatoms. The second-order valence-corrected chi connectivity index (χ2v) is 17.1. The first-order chi connectivity index (χ1) is 24.9. The van der Waals surface area contributed by atoms with Gasteiger partial charge in [0.05, 0.1) is 11.2 Å². The molecule has 3 aliphatic heterocycles. The summed E-state index contributed by atoms with van der Waals surface area (Å²) in [5, 5.41) is 18.3. The van der Waals surface area contributed by atoms with E-state index in [1.807, 2.05) is 37.8 Å². The normalized spacial score (nSPS) is 17.3. The van der Waals surface area contributed by atoms with Crippen LogP contribution in [0.1, 0.15) is 96.9 Å². The molecule has 11 nitrogen and oxygen atoms in total. The monoisotopic (exact) mass is 830 g/mol. The van der Waals surface area contributed by atoms with E-state index in [1.165, 1.54) is 27.5 Å². The zero-order valence-electron chi connectivity index (χ0n) is 33.6. The fraction of sp³-hybridized carbons (Fsp3) is 0.537. The maximum Gasteiger partial charge on any atom is 1.00 e. The second kappa shape index (κ2) is 18.8. The zero-order chi connectivity index (χ0) is 38.7. The van der Waals surface area contributed by atoms with Crippen molar-refractivity contribution in [3.05, 3.63) is 64.4 Å². The van der Waals surface area contributed by atoms with Crippen molar-refractivity contribution in [1.29, 1.82) is 0 Å². The van der Waals surface area contributed by atoms with Gasteiger partial charge < -0.3 is 29.2 Å². The van der Waals surface area contributed by atoms with Gasteiger partial charge in [-0.15, -0.1) is 5.60 Å². The van der Waals surface area contributed by atoms with Crippen LogP contribution < -0.4 is 72.0 Å². The molecule has 288 valence electrons. The summed E-state index contributed by atoms with van der Waals surface area (Å²) in [5.41, 5.74) is 4.59. The van der Waals surface area contributed by atoms with Gasteiger partial charge >= 0.3 is 63.5 Å². The van der Waals surface area contributed by atoms with E-state index < -0.39 is 11.2 Å². The van der Waals surface area contributed by atoms with E-state index >= 15 is 0 Å². The van der Waals surface area contributed by atoms with Crippen LogP contribution in [-0.2, 0) is 9.53 Å². The number of hydrogen-bond acceptors (Lipinski definition) is 6. The van der Waals surface area contributed by atoms with Crippen LogP contribution in [0, 0.1) is 13.8 Å². The Morgan fingerprint density at radius 1 is 0.815 bits per heavy atom. The molecule has 2 aromatic carbocycles. The van der Waals surface area contributed by atoms with Crippen LogP contribution in [0.3, 0.4) is 0 Å². The first kappa shape index (κ1) is 44.5. The molecule has 2 N–H and O–H groups in total. The third-order valence-electron chi connectivity index (χ3n) is 9.58. The molecule has 0 radical (unpaired) electrons. The standard InChI is InChI=1S/C19H25BrN2O2.C18H22N4O2.C4H9O.K/c1-13-12-22(16-7-5-6-15(20)17(13)16)14-8-10-21(11-9-14)18(23)24-19(2,3)4;1-12-11-22(13-5-8-19-9-6-13)15-4-2-3-14(17(12)15)21-10-7-16(23)20-18(21)24;1-4(2,3)5;/h5-7,12,14H,8-11H2,1-4H3;2-4,11,13,19H,5-10H2,1H3,(H,20,23,24);1-3H3;/q;;-1;+1. The van der Waals surface area contributed by atoms with Gasteiger partial charge in [-0.3, -0.25) is 15.0 Å². The number of amides is 4. The van der Waals surface area contributed by atoms with Gasteiger partial charge in [0.25, 0.3) is 0 Å². The molecule has 0 aliphatic carbocycles. The van der Waals surface area contributed by atoms with Crippen LogP contribution in [0.15, 0.2) is 53.3 Å². The molecule has 4 aromatic rings. The minimum absolute atomic E-state index is 0. The summed E-state index contributed by atoms with van der Waals surface area (Å²) in [4.78, 5) is 39.4. The van der Waals surface area contributed by atoms with Gasteiger partial charge in [0.1, 0.15) is 5.60 Å². The van der Waals surface area contributed by atoms with E-state index in [9.17, 15) is 19.5 Å². The summed E-state index contributed by atoms with van der Waals surface area (Å²) in [5.74, 6) is -0.201. The smallest absolute Gasteiger partial charge is 0.850 e. The maximum atomic E-state index is 12.2. The number of ether oxygens (including phenoxy) is 1. The van der Waals surface area contributed by atoms with Crippen LogP contribution in [0.5, 0.6) is 0 Å². The van der Waals surface area contributed by atoms with E-state index in [4.69, 9.17) is 4.74 Å². The number of benzene rings is 2. The van der Waals surface area contributed by atoms with Gasteiger partial charge in [0.2, 0.25) is 5.91 Å². The van der Waals surface area contributed by atoms with Crippen LogP contribution in [-0.4, -0.2) is 76.0 Å². The molecular formula is C41H56BrKN6O5. The van der Waals surface area contributed by atoms with Gasteiger partial charge in [0.15, 0.2) is 0 Å². The fourth-order valence-corrected chi connectivity index (χ4v) is 7.98. The predicted molar refractivity (Wildman–Crippen MR) is 214 cm³/mol. The van der Waals surface area contributed by atoms with Crippen molar-refractivity contribution >= 4 is 61.5 Å². The molecule has 5 heterocycles. The van der Waals surface area contributed by atoms with Crippen LogP contribution >= 0.6 is 15.9 Å². The number of nitrogens with one attached hydrogen (secondary N) is 2. The zero-order valence-corrected chi connectivity index (χ0v) is 38.3. The molecule has 3 saturated heterocycles. The number of urea groups is 1. The summed E-state index contributed by atoms with van der Waals surface area (Å²) in [6.45, 7) is 18.9. The number of halogens is 1. The molecule has 3 fully saturated rings. The van der Waals surface area contributed by atoms with Crippen LogP contribution in [0.4, 0.5) is 15.3 Å². The number of hydrogen-bond donors (Lipinski definition) is 2. The Kier molecular flexibility index (Phi) is 15.5. The minimum Gasteiger partial charge on any atom is -0.850 e. The summed E-state index contributed by atoms with van der Waals surface area (Å²) >= 11 is 3.66. The predicted octanol–water partition coefficient (Wildman–Crippen LogP) is 4.75. The molecule has 0 bridgehead atoms. The molecular weight excluding hydrogens is 775 g/mol. The number of rotatable bonds is 3. The van der Waals surface area contributed by atoms with E-state index in [0.717, 1.165) is 67.4 Å². The van der Waals surface area contributed by atoms with Gasteiger partial charge in [0, 0.05) is 71.3 Å². The minimum atomic E-state index is -0.750. The molecule has 0 unspecified atom stereocenters. The summed E-state index contributed by atoms with van der Waals surface area (Å²) in [6, 6.07) is 13.0. The van der Waals surface area contributed by atoms with E-state index in [-0.39, 0.29) is 69.4 Å². The number of likely N-dealkylation sites (tertiary alicyclic amines) is 1. The Labute approximate surface area is 371 Å². The van der Waals surface area contributed by atoms with E-state index in [0.29, 0.717) is 25.0 Å². The molecule has 0 spiro atoms. The van der Waals surface area contributed by atoms with Gasteiger partial charge in [-0.2, -0.15) is 0 Å². The number of imide groups is 1. The number of piperidine rings is 2. The van der Waals surface area contributed by atoms with Crippen molar-refractivity contribution in [2.45, 2.75) is 111 Å². The Balaban J connectivity index is 0.000000211. The van der Waals surface area contributed by atoms with Crippen LogP contribution in [0.25, 0.3) is 21.8 Å². The molecule has 54 heavy (non-hydrogen) atoms. The van der Waals surface area contributed by atoms with Crippen LogP contribution in [0.2, 0.25) is 0 Å². The van der Waals surface area contributed by atoms with Gasteiger partial charge in [-0.25, -0.2) is 9.59 Å². The Morgan fingerprint density at radius 2 is 1.33 bits per heavy atom. The number of carbonyl (C=O) groups is 3. The number of aryl methyl sites for hydroxylation is 2. The fourth-order valence-electron chi connectivity index (χ4n) is 7.31. The summed E-state index contributed by atoms with van der Waals surface area (Å²) in [7, 11) is 0.